The first-order valence-electron chi connectivity index (χ1n) is 4.23. The van der Waals surface area contributed by atoms with E-state index in [0.717, 1.165) is 16.6 Å². The summed E-state index contributed by atoms with van der Waals surface area (Å²) >= 11 is 0. The number of aryl methyl sites for hydroxylation is 1. The van der Waals surface area contributed by atoms with Crippen molar-refractivity contribution in [1.29, 1.82) is 0 Å². The van der Waals surface area contributed by atoms with Crippen molar-refractivity contribution in [3.05, 3.63) is 35.8 Å². The van der Waals surface area contributed by atoms with Gasteiger partial charge in [0.1, 0.15) is 5.82 Å². The second-order valence-electron chi connectivity index (χ2n) is 2.95. The Balaban J connectivity index is 0.000000980. The van der Waals surface area contributed by atoms with E-state index in [2.05, 4.69) is 9.97 Å². The van der Waals surface area contributed by atoms with E-state index in [0.29, 0.717) is 12.4 Å². The lowest BCUT2D eigenvalue weighted by Crippen LogP contribution is -2.04. The number of benzene rings is 1. The lowest BCUT2D eigenvalue weighted by Gasteiger charge is -2.02. The van der Waals surface area contributed by atoms with Crippen LogP contribution >= 0.6 is 24.8 Å². The summed E-state index contributed by atoms with van der Waals surface area (Å²) in [7, 11) is 0. The first kappa shape index (κ1) is 14.1. The molecule has 0 spiro atoms. The molecule has 5 heteroatoms. The maximum absolute atomic E-state index is 5.48. The van der Waals surface area contributed by atoms with Gasteiger partial charge in [0.25, 0.3) is 0 Å². The second kappa shape index (κ2) is 5.85. The molecule has 0 radical (unpaired) electrons. The fourth-order valence-electron chi connectivity index (χ4n) is 1.39. The molecule has 1 aromatic heterocycles. The van der Waals surface area contributed by atoms with Crippen molar-refractivity contribution in [2.24, 2.45) is 5.73 Å². The van der Waals surface area contributed by atoms with Gasteiger partial charge < -0.3 is 5.73 Å². The molecule has 2 N–H and O–H groups in total. The minimum atomic E-state index is 0. The van der Waals surface area contributed by atoms with Crippen LogP contribution in [0.1, 0.15) is 11.5 Å². The molecule has 0 bridgehead atoms. The molecule has 0 saturated carbocycles. The number of para-hydroxylation sites is 1. The average Bonchev–Trinajstić information content (AvgIpc) is 2.18. The molecule has 15 heavy (non-hydrogen) atoms. The van der Waals surface area contributed by atoms with Crippen molar-refractivity contribution in [3.8, 4) is 0 Å². The van der Waals surface area contributed by atoms with Gasteiger partial charge in [-0.2, -0.15) is 0 Å². The number of rotatable bonds is 1. The van der Waals surface area contributed by atoms with Crippen molar-refractivity contribution in [1.82, 2.24) is 9.97 Å². The number of hydrogen-bond donors (Lipinski definition) is 1. The quantitative estimate of drug-likeness (QED) is 0.839. The van der Waals surface area contributed by atoms with Crippen molar-refractivity contribution >= 4 is 35.7 Å². The predicted octanol–water partition coefficient (Wildman–Crippen LogP) is 2.24. The Morgan fingerprint density at radius 2 is 1.80 bits per heavy atom. The third-order valence-corrected chi connectivity index (χ3v) is 2.02. The third kappa shape index (κ3) is 2.78. The van der Waals surface area contributed by atoms with E-state index in [-0.39, 0.29) is 24.8 Å². The highest BCUT2D eigenvalue weighted by Gasteiger charge is 2.01. The molecule has 1 heterocycles. The van der Waals surface area contributed by atoms with Crippen LogP contribution in [0.15, 0.2) is 24.3 Å². The summed E-state index contributed by atoms with van der Waals surface area (Å²) in [4.78, 5) is 8.60. The smallest absolute Gasteiger partial charge is 0.142 e. The molecule has 0 aliphatic heterocycles. The molecule has 0 aliphatic carbocycles. The highest BCUT2D eigenvalue weighted by atomic mass is 35.5. The predicted molar refractivity (Wildman–Crippen MR) is 66.7 cm³/mol. The van der Waals surface area contributed by atoms with Gasteiger partial charge in [0.2, 0.25) is 0 Å². The minimum Gasteiger partial charge on any atom is -0.324 e. The molecule has 82 valence electrons. The van der Waals surface area contributed by atoms with Gasteiger partial charge in [-0.25, -0.2) is 9.97 Å². The molecule has 0 aliphatic rings. The summed E-state index contributed by atoms with van der Waals surface area (Å²) in [5.41, 5.74) is 7.44. The number of nitrogens with two attached hydrogens (primary N) is 1. The zero-order valence-electron chi connectivity index (χ0n) is 8.30. The Labute approximate surface area is 101 Å². The molecule has 0 saturated heterocycles. The van der Waals surface area contributed by atoms with E-state index >= 15 is 0 Å². The molecule has 0 amide bonds. The van der Waals surface area contributed by atoms with E-state index in [1.807, 2.05) is 31.2 Å². The van der Waals surface area contributed by atoms with E-state index in [9.17, 15) is 0 Å². The SMILES string of the molecule is Cc1nc(CN)nc2ccccc12.Cl.Cl. The van der Waals surface area contributed by atoms with Crippen molar-refractivity contribution in [3.63, 3.8) is 0 Å². The normalized spacial score (nSPS) is 9.20. The molecular weight excluding hydrogens is 233 g/mol. The number of hydrogen-bond acceptors (Lipinski definition) is 3. The highest BCUT2D eigenvalue weighted by molar-refractivity contribution is 5.85. The van der Waals surface area contributed by atoms with Gasteiger partial charge in [-0.05, 0) is 13.0 Å². The first-order chi connectivity index (χ1) is 6.31. The van der Waals surface area contributed by atoms with Gasteiger partial charge in [-0.3, -0.25) is 0 Å². The van der Waals surface area contributed by atoms with Crippen LogP contribution < -0.4 is 5.73 Å². The zero-order valence-corrected chi connectivity index (χ0v) is 9.94. The van der Waals surface area contributed by atoms with Crippen molar-refractivity contribution < 1.29 is 0 Å². The average molecular weight is 246 g/mol. The lowest BCUT2D eigenvalue weighted by molar-refractivity contribution is 0.911. The monoisotopic (exact) mass is 245 g/mol. The fourth-order valence-corrected chi connectivity index (χ4v) is 1.39. The van der Waals surface area contributed by atoms with Gasteiger partial charge in [0, 0.05) is 11.1 Å². The number of nitrogens with zero attached hydrogens (tertiary/aromatic N) is 2. The van der Waals surface area contributed by atoms with E-state index in [4.69, 9.17) is 5.73 Å². The molecule has 3 nitrogen and oxygen atoms in total. The van der Waals surface area contributed by atoms with Crippen LogP contribution in [-0.2, 0) is 6.54 Å². The Bertz CT molecular complexity index is 446. The number of halogens is 2. The summed E-state index contributed by atoms with van der Waals surface area (Å²) in [6.07, 6.45) is 0. The van der Waals surface area contributed by atoms with Gasteiger partial charge in [0.05, 0.1) is 12.1 Å². The third-order valence-electron chi connectivity index (χ3n) is 2.02. The molecule has 0 unspecified atom stereocenters. The van der Waals surface area contributed by atoms with Crippen LogP contribution in [0.4, 0.5) is 0 Å². The van der Waals surface area contributed by atoms with E-state index in [1.165, 1.54) is 0 Å². The molecule has 2 aromatic rings. The molecule has 0 atom stereocenters. The van der Waals surface area contributed by atoms with Gasteiger partial charge in [-0.15, -0.1) is 24.8 Å². The maximum atomic E-state index is 5.48. The summed E-state index contributed by atoms with van der Waals surface area (Å²) < 4.78 is 0. The minimum absolute atomic E-state index is 0. The maximum Gasteiger partial charge on any atom is 0.142 e. The van der Waals surface area contributed by atoms with Gasteiger partial charge >= 0.3 is 0 Å². The summed E-state index contributed by atoms with van der Waals surface area (Å²) in [6.45, 7) is 2.37. The highest BCUT2D eigenvalue weighted by Crippen LogP contribution is 2.13. The standard InChI is InChI=1S/C10H11N3.2ClH/c1-7-8-4-2-3-5-9(8)13-10(6-11)12-7;;/h2-5H,6,11H2,1H3;2*1H. The fraction of sp³-hybridized carbons (Fsp3) is 0.200. The lowest BCUT2D eigenvalue weighted by atomic mass is 10.2. The van der Waals surface area contributed by atoms with Gasteiger partial charge in [0.15, 0.2) is 0 Å². The van der Waals surface area contributed by atoms with Gasteiger partial charge in [-0.1, -0.05) is 18.2 Å². The zero-order chi connectivity index (χ0) is 9.26. The van der Waals surface area contributed by atoms with E-state index < -0.39 is 0 Å². The van der Waals surface area contributed by atoms with Crippen LogP contribution in [0.2, 0.25) is 0 Å². The number of aromatic nitrogens is 2. The summed E-state index contributed by atoms with van der Waals surface area (Å²) in [6, 6.07) is 7.95. The summed E-state index contributed by atoms with van der Waals surface area (Å²) in [5.74, 6) is 0.705. The van der Waals surface area contributed by atoms with Crippen LogP contribution in [-0.4, -0.2) is 9.97 Å². The largest absolute Gasteiger partial charge is 0.324 e. The molecular formula is C10H13Cl2N3. The Kier molecular flexibility index (Phi) is 5.50. The Hall–Kier alpha value is -0.900. The van der Waals surface area contributed by atoms with Crippen LogP contribution in [0, 0.1) is 6.92 Å². The van der Waals surface area contributed by atoms with E-state index in [1.54, 1.807) is 0 Å². The van der Waals surface area contributed by atoms with Crippen LogP contribution in [0.5, 0.6) is 0 Å². The molecule has 1 aromatic carbocycles. The Morgan fingerprint density at radius 1 is 1.13 bits per heavy atom. The number of fused-ring (bicyclic) bond motifs is 1. The van der Waals surface area contributed by atoms with Crippen molar-refractivity contribution in [2.75, 3.05) is 0 Å². The van der Waals surface area contributed by atoms with Crippen LogP contribution in [0.3, 0.4) is 0 Å². The van der Waals surface area contributed by atoms with Crippen molar-refractivity contribution in [2.45, 2.75) is 13.5 Å². The summed E-state index contributed by atoms with van der Waals surface area (Å²) in [5, 5.41) is 1.10. The first-order valence-corrected chi connectivity index (χ1v) is 4.23. The molecule has 0 fully saturated rings. The Morgan fingerprint density at radius 3 is 2.47 bits per heavy atom. The van der Waals surface area contributed by atoms with Crippen LogP contribution in [0.25, 0.3) is 10.9 Å². The second-order valence-corrected chi connectivity index (χ2v) is 2.95. The topological polar surface area (TPSA) is 51.8 Å². The molecule has 2 rings (SSSR count).